The lowest BCUT2D eigenvalue weighted by molar-refractivity contribution is -0.900. The second-order valence-corrected chi connectivity index (χ2v) is 5.35. The molecule has 128 valence electrons. The first-order valence-corrected chi connectivity index (χ1v) is 7.45. The third-order valence-corrected chi connectivity index (χ3v) is 3.72. The van der Waals surface area contributed by atoms with Gasteiger partial charge >= 0.3 is 0 Å². The number of hydrogen-bond acceptors (Lipinski definition) is 7. The molecule has 0 aliphatic carbocycles. The average Bonchev–Trinajstić information content (AvgIpc) is 3.02. The highest BCUT2D eigenvalue weighted by Gasteiger charge is 2.22. The quantitative estimate of drug-likeness (QED) is 0.391. The molecule has 10 heteroatoms. The zero-order valence-corrected chi connectivity index (χ0v) is 12.8. The minimum absolute atomic E-state index is 0.0200. The number of amides is 1. The molecule has 3 rings (SSSR count). The van der Waals surface area contributed by atoms with Gasteiger partial charge in [-0.1, -0.05) is 0 Å². The Labute approximate surface area is 137 Å². The van der Waals surface area contributed by atoms with Crippen molar-refractivity contribution in [3.63, 3.8) is 0 Å². The van der Waals surface area contributed by atoms with Gasteiger partial charge in [-0.15, -0.1) is 0 Å². The van der Waals surface area contributed by atoms with E-state index in [1.165, 1.54) is 18.3 Å². The Morgan fingerprint density at radius 2 is 2.04 bits per heavy atom. The number of hydrazone groups is 1. The maximum Gasteiger partial charge on any atom is 0.295 e. The molecule has 0 unspecified atom stereocenters. The Hall–Kier alpha value is -2.72. The van der Waals surface area contributed by atoms with E-state index in [4.69, 9.17) is 14.2 Å². The molecule has 24 heavy (non-hydrogen) atoms. The molecule has 1 saturated heterocycles. The summed E-state index contributed by atoms with van der Waals surface area (Å²) >= 11 is 0. The molecule has 0 aromatic heterocycles. The minimum Gasteiger partial charge on any atom is -0.454 e. The number of nitro groups is 1. The van der Waals surface area contributed by atoms with Gasteiger partial charge in [0.2, 0.25) is 6.79 Å². The molecule has 2 aliphatic heterocycles. The van der Waals surface area contributed by atoms with Gasteiger partial charge < -0.3 is 19.1 Å². The van der Waals surface area contributed by atoms with E-state index in [0.29, 0.717) is 24.7 Å². The molecule has 0 saturated carbocycles. The summed E-state index contributed by atoms with van der Waals surface area (Å²) in [4.78, 5) is 23.5. The van der Waals surface area contributed by atoms with Gasteiger partial charge in [-0.25, -0.2) is 5.43 Å². The lowest BCUT2D eigenvalue weighted by Gasteiger charge is -2.22. The molecular weight excluding hydrogens is 320 g/mol. The minimum atomic E-state index is -0.539. The first kappa shape index (κ1) is 16.1. The monoisotopic (exact) mass is 337 g/mol. The van der Waals surface area contributed by atoms with Gasteiger partial charge in [-0.3, -0.25) is 14.9 Å². The van der Waals surface area contributed by atoms with Crippen LogP contribution in [0.1, 0.15) is 5.56 Å². The fourth-order valence-electron chi connectivity index (χ4n) is 2.49. The molecular formula is C14H17N4O6+. The molecule has 2 heterocycles. The molecule has 10 nitrogen and oxygen atoms in total. The third kappa shape index (κ3) is 3.78. The number of hydrogen-bond donors (Lipinski definition) is 2. The van der Waals surface area contributed by atoms with Crippen molar-refractivity contribution >= 4 is 17.8 Å². The van der Waals surface area contributed by atoms with Crippen LogP contribution >= 0.6 is 0 Å². The van der Waals surface area contributed by atoms with E-state index >= 15 is 0 Å². The van der Waals surface area contributed by atoms with Crippen molar-refractivity contribution in [3.8, 4) is 11.5 Å². The molecule has 0 radical (unpaired) electrons. The number of benzene rings is 1. The average molecular weight is 337 g/mol. The zero-order valence-electron chi connectivity index (χ0n) is 12.8. The Morgan fingerprint density at radius 3 is 2.75 bits per heavy atom. The highest BCUT2D eigenvalue weighted by atomic mass is 16.7. The predicted molar refractivity (Wildman–Crippen MR) is 81.3 cm³/mol. The SMILES string of the molecule is O=C(C[NH+]1CCOCC1)N/N=C\c1cc2c(cc1[N+](=O)[O-])OCO2. The van der Waals surface area contributed by atoms with Gasteiger partial charge in [-0.05, 0) is 6.07 Å². The summed E-state index contributed by atoms with van der Waals surface area (Å²) in [5.41, 5.74) is 2.44. The van der Waals surface area contributed by atoms with Crippen molar-refractivity contribution in [1.82, 2.24) is 5.43 Å². The molecule has 0 atom stereocenters. The number of nitro benzene ring substituents is 1. The Balaban J connectivity index is 1.63. The van der Waals surface area contributed by atoms with Crippen molar-refractivity contribution in [2.24, 2.45) is 5.10 Å². The maximum atomic E-state index is 11.8. The predicted octanol–water partition coefficient (Wildman–Crippen LogP) is -1.31. The number of nitrogens with one attached hydrogen (secondary N) is 2. The first-order chi connectivity index (χ1) is 11.6. The van der Waals surface area contributed by atoms with E-state index in [1.54, 1.807) is 0 Å². The lowest BCUT2D eigenvalue weighted by Crippen LogP contribution is -3.15. The molecule has 0 spiro atoms. The van der Waals surface area contributed by atoms with Gasteiger partial charge in [0, 0.05) is 0 Å². The highest BCUT2D eigenvalue weighted by Crippen LogP contribution is 2.37. The number of morpholine rings is 1. The maximum absolute atomic E-state index is 11.8. The van der Waals surface area contributed by atoms with Crippen LogP contribution in [0.2, 0.25) is 0 Å². The Morgan fingerprint density at radius 1 is 1.33 bits per heavy atom. The standard InChI is InChI=1S/C14H16N4O6/c19-14(8-17-1-3-22-4-2-17)16-15-7-10-5-12-13(24-9-23-12)6-11(10)18(20)21/h5-7H,1-4,8-9H2,(H,16,19)/p+1/b15-7-. The van der Waals surface area contributed by atoms with E-state index < -0.39 is 4.92 Å². The number of nitrogens with zero attached hydrogens (tertiary/aromatic N) is 2. The van der Waals surface area contributed by atoms with Crippen molar-refractivity contribution < 1.29 is 28.8 Å². The number of quaternary nitrogens is 1. The van der Waals surface area contributed by atoms with Crippen LogP contribution in [0, 0.1) is 10.1 Å². The van der Waals surface area contributed by atoms with Crippen LogP contribution < -0.4 is 19.8 Å². The van der Waals surface area contributed by atoms with E-state index in [0.717, 1.165) is 18.0 Å². The fourth-order valence-corrected chi connectivity index (χ4v) is 2.49. The second kappa shape index (κ2) is 7.23. The highest BCUT2D eigenvalue weighted by molar-refractivity contribution is 5.88. The van der Waals surface area contributed by atoms with Gasteiger partial charge in [0.05, 0.1) is 36.0 Å². The number of carbonyl (C=O) groups excluding carboxylic acids is 1. The summed E-state index contributed by atoms with van der Waals surface area (Å²) in [5.74, 6) is 0.469. The summed E-state index contributed by atoms with van der Waals surface area (Å²) in [7, 11) is 0. The second-order valence-electron chi connectivity index (χ2n) is 5.35. The molecule has 1 fully saturated rings. The first-order valence-electron chi connectivity index (χ1n) is 7.45. The topological polar surface area (TPSA) is 117 Å². The van der Waals surface area contributed by atoms with Crippen molar-refractivity contribution in [1.29, 1.82) is 0 Å². The summed E-state index contributed by atoms with van der Waals surface area (Å²) in [6.07, 6.45) is 1.23. The zero-order chi connectivity index (χ0) is 16.9. The summed E-state index contributed by atoms with van der Waals surface area (Å²) in [5, 5.41) is 14.9. The number of ether oxygens (including phenoxy) is 3. The normalized spacial score (nSPS) is 17.2. The lowest BCUT2D eigenvalue weighted by atomic mass is 10.1. The molecule has 1 aromatic carbocycles. The summed E-state index contributed by atoms with van der Waals surface area (Å²) < 4.78 is 15.5. The van der Waals surface area contributed by atoms with E-state index in [9.17, 15) is 14.9 Å². The largest absolute Gasteiger partial charge is 0.454 e. The van der Waals surface area contributed by atoms with E-state index in [2.05, 4.69) is 10.5 Å². The Kier molecular flexibility index (Phi) is 4.87. The van der Waals surface area contributed by atoms with Crippen LogP contribution in [-0.4, -0.2) is 56.7 Å². The molecule has 0 bridgehead atoms. The van der Waals surface area contributed by atoms with Crippen molar-refractivity contribution in [3.05, 3.63) is 27.8 Å². The number of carbonyl (C=O) groups is 1. The van der Waals surface area contributed by atoms with Crippen LogP contribution in [0.3, 0.4) is 0 Å². The number of rotatable bonds is 5. The smallest absolute Gasteiger partial charge is 0.295 e. The molecule has 2 N–H and O–H groups in total. The number of fused-ring (bicyclic) bond motifs is 1. The van der Waals surface area contributed by atoms with Crippen LogP contribution in [0.25, 0.3) is 0 Å². The molecule has 1 aromatic rings. The fraction of sp³-hybridized carbons (Fsp3) is 0.429. The van der Waals surface area contributed by atoms with Gasteiger partial charge in [-0.2, -0.15) is 5.10 Å². The van der Waals surface area contributed by atoms with E-state index in [-0.39, 0.29) is 30.5 Å². The van der Waals surface area contributed by atoms with Crippen molar-refractivity contribution in [2.45, 2.75) is 0 Å². The van der Waals surface area contributed by atoms with Gasteiger partial charge in [0.1, 0.15) is 13.1 Å². The summed E-state index contributed by atoms with van der Waals surface area (Å²) in [6, 6.07) is 2.74. The molecule has 2 aliphatic rings. The van der Waals surface area contributed by atoms with Crippen LogP contribution in [0.4, 0.5) is 5.69 Å². The van der Waals surface area contributed by atoms with Crippen molar-refractivity contribution in [2.75, 3.05) is 39.6 Å². The van der Waals surface area contributed by atoms with E-state index in [1.807, 2.05) is 0 Å². The van der Waals surface area contributed by atoms with Crippen LogP contribution in [0.5, 0.6) is 11.5 Å². The van der Waals surface area contributed by atoms with Gasteiger partial charge in [0.15, 0.2) is 18.0 Å². The van der Waals surface area contributed by atoms with Crippen LogP contribution in [-0.2, 0) is 9.53 Å². The van der Waals surface area contributed by atoms with Gasteiger partial charge in [0.25, 0.3) is 11.6 Å². The molecule has 1 amide bonds. The van der Waals surface area contributed by atoms with Crippen LogP contribution in [0.15, 0.2) is 17.2 Å². The third-order valence-electron chi connectivity index (χ3n) is 3.72. The summed E-state index contributed by atoms with van der Waals surface area (Å²) in [6.45, 7) is 3.11. The Bertz CT molecular complexity index is 671.